The first-order chi connectivity index (χ1) is 14.7. The van der Waals surface area contributed by atoms with E-state index in [-0.39, 0.29) is 5.91 Å². The smallest absolute Gasteiger partial charge is 0.255 e. The number of carbonyl (C=O) groups is 1. The first-order valence-electron chi connectivity index (χ1n) is 11.2. The van der Waals surface area contributed by atoms with Crippen LogP contribution in [0.2, 0.25) is 0 Å². The van der Waals surface area contributed by atoms with Gasteiger partial charge in [-0.1, -0.05) is 31.2 Å². The standard InChI is InChI=1S/C25H33N3O2/c1-20-9-11-27(12-10-20)18-21-5-7-24(8-6-21)26-25(29)23-4-2-3-22(17-23)19-28-13-15-30-16-14-28/h2-8,17,20H,9-16,18-19H2,1H3,(H,26,29). The minimum atomic E-state index is -0.0587. The molecule has 4 rings (SSSR count). The molecule has 2 saturated heterocycles. The summed E-state index contributed by atoms with van der Waals surface area (Å²) in [4.78, 5) is 17.6. The molecule has 0 radical (unpaired) electrons. The number of hydrogen-bond donors (Lipinski definition) is 1. The summed E-state index contributed by atoms with van der Waals surface area (Å²) in [6.45, 7) is 10.0. The third-order valence-corrected chi connectivity index (χ3v) is 6.19. The maximum absolute atomic E-state index is 12.7. The summed E-state index contributed by atoms with van der Waals surface area (Å²) >= 11 is 0. The highest BCUT2D eigenvalue weighted by atomic mass is 16.5. The van der Waals surface area contributed by atoms with E-state index in [0.29, 0.717) is 5.56 Å². The molecule has 0 saturated carbocycles. The number of ether oxygens (including phenoxy) is 1. The van der Waals surface area contributed by atoms with Crippen LogP contribution in [0.15, 0.2) is 48.5 Å². The van der Waals surface area contributed by atoms with Gasteiger partial charge in [0.05, 0.1) is 13.2 Å². The van der Waals surface area contributed by atoms with Gasteiger partial charge in [0.15, 0.2) is 0 Å². The van der Waals surface area contributed by atoms with Crippen LogP contribution in [0.1, 0.15) is 41.3 Å². The Morgan fingerprint density at radius 2 is 1.60 bits per heavy atom. The predicted molar refractivity (Wildman–Crippen MR) is 121 cm³/mol. The second-order valence-electron chi connectivity index (χ2n) is 8.70. The molecule has 0 atom stereocenters. The highest BCUT2D eigenvalue weighted by Crippen LogP contribution is 2.19. The average molecular weight is 408 g/mol. The number of piperidine rings is 1. The van der Waals surface area contributed by atoms with E-state index in [4.69, 9.17) is 4.74 Å². The maximum Gasteiger partial charge on any atom is 0.255 e. The van der Waals surface area contributed by atoms with Crippen molar-refractivity contribution in [2.75, 3.05) is 44.7 Å². The summed E-state index contributed by atoms with van der Waals surface area (Å²) in [6.07, 6.45) is 2.58. The van der Waals surface area contributed by atoms with Crippen molar-refractivity contribution in [2.45, 2.75) is 32.9 Å². The highest BCUT2D eigenvalue weighted by Gasteiger charge is 2.16. The first-order valence-corrected chi connectivity index (χ1v) is 11.2. The molecule has 1 amide bonds. The van der Waals surface area contributed by atoms with E-state index in [2.05, 4.69) is 40.2 Å². The van der Waals surface area contributed by atoms with Crippen LogP contribution < -0.4 is 5.32 Å². The van der Waals surface area contributed by atoms with Crippen molar-refractivity contribution in [3.05, 3.63) is 65.2 Å². The monoisotopic (exact) mass is 407 g/mol. The van der Waals surface area contributed by atoms with Crippen molar-refractivity contribution in [1.29, 1.82) is 0 Å². The third-order valence-electron chi connectivity index (χ3n) is 6.19. The van der Waals surface area contributed by atoms with E-state index in [9.17, 15) is 4.79 Å². The van der Waals surface area contributed by atoms with Gasteiger partial charge in [0.25, 0.3) is 5.91 Å². The number of nitrogens with one attached hydrogen (secondary N) is 1. The third kappa shape index (κ3) is 5.91. The Morgan fingerprint density at radius 1 is 0.933 bits per heavy atom. The molecule has 1 N–H and O–H groups in total. The van der Waals surface area contributed by atoms with Crippen LogP contribution in [-0.2, 0) is 17.8 Å². The molecule has 0 aromatic heterocycles. The molecular formula is C25H33N3O2. The van der Waals surface area contributed by atoms with Gasteiger partial charge in [-0.25, -0.2) is 0 Å². The summed E-state index contributed by atoms with van der Waals surface area (Å²) in [5.41, 5.74) is 4.01. The van der Waals surface area contributed by atoms with E-state index >= 15 is 0 Å². The number of hydrogen-bond acceptors (Lipinski definition) is 4. The second-order valence-corrected chi connectivity index (χ2v) is 8.70. The van der Waals surface area contributed by atoms with Gasteiger partial charge in [0, 0.05) is 37.4 Å². The molecule has 0 bridgehead atoms. The number of amides is 1. The molecule has 2 aromatic rings. The van der Waals surface area contributed by atoms with Crippen LogP contribution in [0.3, 0.4) is 0 Å². The van der Waals surface area contributed by atoms with Gasteiger partial charge in [0.2, 0.25) is 0 Å². The summed E-state index contributed by atoms with van der Waals surface area (Å²) in [6, 6.07) is 16.2. The minimum absolute atomic E-state index is 0.0587. The van der Waals surface area contributed by atoms with Gasteiger partial charge in [-0.15, -0.1) is 0 Å². The zero-order chi connectivity index (χ0) is 20.8. The zero-order valence-corrected chi connectivity index (χ0v) is 18.0. The summed E-state index contributed by atoms with van der Waals surface area (Å²) in [7, 11) is 0. The topological polar surface area (TPSA) is 44.8 Å². The first kappa shape index (κ1) is 21.0. The number of anilines is 1. The number of morpholine rings is 1. The Labute approximate surface area is 180 Å². The van der Waals surface area contributed by atoms with E-state index in [1.54, 1.807) is 0 Å². The van der Waals surface area contributed by atoms with Crippen molar-refractivity contribution in [1.82, 2.24) is 9.80 Å². The van der Waals surface area contributed by atoms with Crippen LogP contribution in [-0.4, -0.2) is 55.1 Å². The number of carbonyl (C=O) groups excluding carboxylic acids is 1. The SMILES string of the molecule is CC1CCN(Cc2ccc(NC(=O)c3cccc(CN4CCOCC4)c3)cc2)CC1. The second kappa shape index (κ2) is 10.2. The van der Waals surface area contributed by atoms with Crippen LogP contribution in [0.5, 0.6) is 0 Å². The molecular weight excluding hydrogens is 374 g/mol. The summed E-state index contributed by atoms with van der Waals surface area (Å²) in [5, 5.41) is 3.04. The Balaban J connectivity index is 1.31. The van der Waals surface area contributed by atoms with Crippen molar-refractivity contribution >= 4 is 11.6 Å². The Kier molecular flexibility index (Phi) is 7.16. The number of nitrogens with zero attached hydrogens (tertiary/aromatic N) is 2. The normalized spacial score (nSPS) is 19.0. The molecule has 0 aliphatic carbocycles. The lowest BCUT2D eigenvalue weighted by atomic mass is 9.99. The molecule has 2 fully saturated rings. The van der Waals surface area contributed by atoms with E-state index < -0.39 is 0 Å². The zero-order valence-electron chi connectivity index (χ0n) is 18.0. The maximum atomic E-state index is 12.7. The van der Waals surface area contributed by atoms with Crippen molar-refractivity contribution < 1.29 is 9.53 Å². The summed E-state index contributed by atoms with van der Waals surface area (Å²) < 4.78 is 5.41. The Morgan fingerprint density at radius 3 is 2.33 bits per heavy atom. The lowest BCUT2D eigenvalue weighted by Gasteiger charge is -2.30. The quantitative estimate of drug-likeness (QED) is 0.786. The predicted octanol–water partition coefficient (Wildman–Crippen LogP) is 4.00. The summed E-state index contributed by atoms with van der Waals surface area (Å²) in [5.74, 6) is 0.794. The fraction of sp³-hybridized carbons (Fsp3) is 0.480. The van der Waals surface area contributed by atoms with Gasteiger partial charge in [-0.05, 0) is 67.2 Å². The molecule has 160 valence electrons. The van der Waals surface area contributed by atoms with Gasteiger partial charge >= 0.3 is 0 Å². The van der Waals surface area contributed by atoms with Gasteiger partial charge in [0.1, 0.15) is 0 Å². The Bertz CT molecular complexity index is 823. The van der Waals surface area contributed by atoms with Crippen LogP contribution in [0.25, 0.3) is 0 Å². The molecule has 30 heavy (non-hydrogen) atoms. The average Bonchev–Trinajstić information content (AvgIpc) is 2.77. The fourth-order valence-electron chi connectivity index (χ4n) is 4.20. The van der Waals surface area contributed by atoms with Crippen molar-refractivity contribution in [3.8, 4) is 0 Å². The van der Waals surface area contributed by atoms with E-state index in [0.717, 1.165) is 56.6 Å². The number of rotatable bonds is 6. The highest BCUT2D eigenvalue weighted by molar-refractivity contribution is 6.04. The lowest BCUT2D eigenvalue weighted by molar-refractivity contribution is 0.0342. The van der Waals surface area contributed by atoms with Crippen LogP contribution in [0.4, 0.5) is 5.69 Å². The largest absolute Gasteiger partial charge is 0.379 e. The van der Waals surface area contributed by atoms with Gasteiger partial charge in [-0.2, -0.15) is 0 Å². The van der Waals surface area contributed by atoms with E-state index in [1.807, 2.05) is 30.3 Å². The molecule has 2 aliphatic heterocycles. The molecule has 2 aromatic carbocycles. The fourth-order valence-corrected chi connectivity index (χ4v) is 4.20. The molecule has 2 aliphatic rings. The molecule has 0 unspecified atom stereocenters. The van der Waals surface area contributed by atoms with Gasteiger partial charge < -0.3 is 10.1 Å². The van der Waals surface area contributed by atoms with Gasteiger partial charge in [-0.3, -0.25) is 14.6 Å². The number of benzene rings is 2. The molecule has 5 nitrogen and oxygen atoms in total. The molecule has 5 heteroatoms. The number of likely N-dealkylation sites (tertiary alicyclic amines) is 1. The van der Waals surface area contributed by atoms with Crippen molar-refractivity contribution in [2.24, 2.45) is 5.92 Å². The minimum Gasteiger partial charge on any atom is -0.379 e. The lowest BCUT2D eigenvalue weighted by Crippen LogP contribution is -2.35. The molecule has 0 spiro atoms. The van der Waals surface area contributed by atoms with Crippen molar-refractivity contribution in [3.63, 3.8) is 0 Å². The Hall–Kier alpha value is -2.21. The van der Waals surface area contributed by atoms with Crippen LogP contribution in [0, 0.1) is 5.92 Å². The van der Waals surface area contributed by atoms with E-state index in [1.165, 1.54) is 31.5 Å². The van der Waals surface area contributed by atoms with Crippen LogP contribution >= 0.6 is 0 Å². The molecule has 2 heterocycles.